The van der Waals surface area contributed by atoms with Crippen molar-refractivity contribution >= 4 is 43.6 Å². The summed E-state index contributed by atoms with van der Waals surface area (Å²) < 4.78 is 48.0. The number of halogens is 3. The van der Waals surface area contributed by atoms with Gasteiger partial charge in [0.2, 0.25) is 0 Å². The number of nitrogens with zero attached hydrogens (tertiary/aromatic N) is 7. The molecule has 0 radical (unpaired) electrons. The smallest absolute Gasteiger partial charge is 0.308 e. The van der Waals surface area contributed by atoms with E-state index < -0.39 is 11.7 Å². The van der Waals surface area contributed by atoms with E-state index in [1.54, 1.807) is 42.5 Å². The number of fused-ring (bicyclic) bond motifs is 6. The highest BCUT2D eigenvalue weighted by Crippen LogP contribution is 2.45. The first kappa shape index (κ1) is 38.8. The van der Waals surface area contributed by atoms with Crippen LogP contribution in [-0.2, 0) is 6.18 Å². The largest absolute Gasteiger partial charge is 0.416 e. The Bertz CT molecular complexity index is 3640. The fourth-order valence-corrected chi connectivity index (χ4v) is 8.89. The lowest BCUT2D eigenvalue weighted by atomic mass is 9.95. The van der Waals surface area contributed by atoms with E-state index in [1.807, 2.05) is 94.1 Å². The second-order valence-corrected chi connectivity index (χ2v) is 15.2. The van der Waals surface area contributed by atoms with E-state index >= 15 is 0 Å². The Morgan fingerprint density at radius 1 is 0.375 bits per heavy atom. The maximum absolute atomic E-state index is 14.7. The molecule has 8 aromatic carbocycles. The van der Waals surface area contributed by atoms with Crippen molar-refractivity contribution in [2.45, 2.75) is 6.18 Å². The summed E-state index contributed by atoms with van der Waals surface area (Å²) in [5.41, 5.74) is 7.44. The van der Waals surface area contributed by atoms with Crippen molar-refractivity contribution in [3.63, 3.8) is 0 Å². The molecule has 2 aromatic heterocycles. The Balaban J connectivity index is 1.36. The monoisotopic (exact) mass is 829 g/mol. The Morgan fingerprint density at radius 2 is 0.844 bits per heavy atom. The zero-order chi connectivity index (χ0) is 44.3. The Labute approximate surface area is 363 Å². The van der Waals surface area contributed by atoms with Crippen LogP contribution in [0.1, 0.15) is 33.4 Å². The van der Waals surface area contributed by atoms with E-state index in [-0.39, 0.29) is 11.1 Å². The maximum atomic E-state index is 14.7. The molecule has 0 saturated carbocycles. The van der Waals surface area contributed by atoms with Gasteiger partial charge in [0.05, 0.1) is 97.2 Å². The molecule has 0 atom stereocenters. The van der Waals surface area contributed by atoms with Gasteiger partial charge in [-0.25, -0.2) is 0 Å². The van der Waals surface area contributed by atoms with Crippen molar-refractivity contribution in [3.8, 4) is 75.1 Å². The minimum Gasteiger partial charge on any atom is -0.308 e. The van der Waals surface area contributed by atoms with Crippen LogP contribution in [0, 0.1) is 56.7 Å². The first-order valence-corrected chi connectivity index (χ1v) is 19.9. The molecule has 7 nitrogen and oxygen atoms in total. The lowest BCUT2D eigenvalue weighted by molar-refractivity contribution is -0.137. The van der Waals surface area contributed by atoms with Gasteiger partial charge < -0.3 is 9.13 Å². The highest BCUT2D eigenvalue weighted by atomic mass is 19.4. The number of benzene rings is 8. The van der Waals surface area contributed by atoms with E-state index in [2.05, 4.69) is 30.3 Å². The molecule has 0 fully saturated rings. The summed E-state index contributed by atoms with van der Waals surface area (Å²) in [5, 5.41) is 53.6. The second-order valence-electron chi connectivity index (χ2n) is 15.2. The predicted octanol–water partition coefficient (Wildman–Crippen LogP) is 13.3. The zero-order valence-electron chi connectivity index (χ0n) is 33.3. The number of aromatic nitrogens is 2. The quantitative estimate of drug-likeness (QED) is 0.171. The molecule has 0 aliphatic heterocycles. The fourth-order valence-electron chi connectivity index (χ4n) is 8.89. The molecule has 0 unspecified atom stereocenters. The molecule has 0 aliphatic carbocycles. The highest BCUT2D eigenvalue weighted by molar-refractivity contribution is 6.13. The Morgan fingerprint density at radius 3 is 1.30 bits per heavy atom. The van der Waals surface area contributed by atoms with E-state index in [9.17, 15) is 39.5 Å². The van der Waals surface area contributed by atoms with Crippen LogP contribution in [0.25, 0.3) is 88.4 Å². The fraction of sp³-hybridized carbons (Fsp3) is 0.0185. The molecule has 0 bridgehead atoms. The van der Waals surface area contributed by atoms with Crippen molar-refractivity contribution in [3.05, 3.63) is 191 Å². The van der Waals surface area contributed by atoms with E-state index in [4.69, 9.17) is 0 Å². The molecule has 298 valence electrons. The minimum atomic E-state index is -4.68. The van der Waals surface area contributed by atoms with Crippen LogP contribution in [0.4, 0.5) is 13.2 Å². The summed E-state index contributed by atoms with van der Waals surface area (Å²) in [5.74, 6) is 0. The van der Waals surface area contributed by atoms with Crippen LogP contribution >= 0.6 is 0 Å². The van der Waals surface area contributed by atoms with Crippen LogP contribution in [0.5, 0.6) is 0 Å². The van der Waals surface area contributed by atoms with Gasteiger partial charge in [-0.1, -0.05) is 84.9 Å². The minimum absolute atomic E-state index is 0.239. The van der Waals surface area contributed by atoms with Crippen LogP contribution in [0.2, 0.25) is 0 Å². The number of hydrogen-bond acceptors (Lipinski definition) is 5. The third-order valence-corrected chi connectivity index (χ3v) is 11.7. The number of nitriles is 5. The summed E-state index contributed by atoms with van der Waals surface area (Å²) in [6.07, 6.45) is -4.68. The average Bonchev–Trinajstić information content (AvgIpc) is 3.84. The van der Waals surface area contributed by atoms with Crippen LogP contribution in [0.15, 0.2) is 158 Å². The lowest BCUT2D eigenvalue weighted by Crippen LogP contribution is -2.07. The zero-order valence-corrected chi connectivity index (χ0v) is 33.3. The third kappa shape index (κ3) is 6.17. The molecule has 10 aromatic rings. The summed E-state index contributed by atoms with van der Waals surface area (Å²) in [6, 6.07) is 56.1. The van der Waals surface area contributed by atoms with Crippen molar-refractivity contribution < 1.29 is 13.2 Å². The number of para-hydroxylation sites is 2. The normalized spacial score (nSPS) is 11.3. The molecule has 0 aliphatic rings. The van der Waals surface area contributed by atoms with Crippen LogP contribution in [0.3, 0.4) is 0 Å². The predicted molar refractivity (Wildman–Crippen MR) is 240 cm³/mol. The van der Waals surface area contributed by atoms with E-state index in [0.29, 0.717) is 72.5 Å². The van der Waals surface area contributed by atoms with Gasteiger partial charge in [-0.3, -0.25) is 0 Å². The molecular weight excluding hydrogens is 804 g/mol. The number of rotatable bonds is 5. The summed E-state index contributed by atoms with van der Waals surface area (Å²) in [7, 11) is 0. The first-order valence-electron chi connectivity index (χ1n) is 19.9. The molecular formula is C54H26F3N7. The number of alkyl halides is 3. The molecule has 0 saturated heterocycles. The van der Waals surface area contributed by atoms with Crippen molar-refractivity contribution in [2.75, 3.05) is 0 Å². The molecule has 0 amide bonds. The van der Waals surface area contributed by atoms with Crippen LogP contribution in [-0.4, -0.2) is 9.13 Å². The molecule has 10 heteroatoms. The molecule has 0 spiro atoms. The van der Waals surface area contributed by atoms with Crippen molar-refractivity contribution in [2.24, 2.45) is 0 Å². The third-order valence-electron chi connectivity index (χ3n) is 11.7. The second kappa shape index (κ2) is 14.9. The summed E-state index contributed by atoms with van der Waals surface area (Å²) >= 11 is 0. The first-order chi connectivity index (χ1) is 31.1. The van der Waals surface area contributed by atoms with Gasteiger partial charge in [-0.15, -0.1) is 0 Å². The van der Waals surface area contributed by atoms with Gasteiger partial charge >= 0.3 is 6.18 Å². The van der Waals surface area contributed by atoms with Gasteiger partial charge in [0.25, 0.3) is 0 Å². The van der Waals surface area contributed by atoms with Gasteiger partial charge in [0.15, 0.2) is 0 Å². The standard InChI is InChI=1S/C54H26F3N7/c55-54(56,57)40-7-5-6-37(24-40)53-51(63-47-10-3-1-8-43(47)45-18-14-35(25-49(45)63)41-16-12-32(27-58)20-38(41)30-61)22-34(29-60)23-52(53)64-48-11-4-2-9-44(48)46-19-15-36(26-50(46)64)42-17-13-33(28-59)21-39(42)31-62/h1-26H. The van der Waals surface area contributed by atoms with Crippen molar-refractivity contribution in [1.29, 1.82) is 26.3 Å². The molecule has 0 N–H and O–H groups in total. The van der Waals surface area contributed by atoms with Crippen LogP contribution < -0.4 is 0 Å². The Hall–Kier alpha value is -9.40. The number of hydrogen-bond donors (Lipinski definition) is 0. The van der Waals surface area contributed by atoms with Gasteiger partial charge in [-0.05, 0) is 101 Å². The molecule has 10 rings (SSSR count). The van der Waals surface area contributed by atoms with Gasteiger partial charge in [-0.2, -0.15) is 39.5 Å². The molecule has 2 heterocycles. The lowest BCUT2D eigenvalue weighted by Gasteiger charge is -2.22. The highest BCUT2D eigenvalue weighted by Gasteiger charge is 2.32. The van der Waals surface area contributed by atoms with E-state index in [1.165, 1.54) is 18.2 Å². The average molecular weight is 830 g/mol. The molecule has 64 heavy (non-hydrogen) atoms. The topological polar surface area (TPSA) is 129 Å². The maximum Gasteiger partial charge on any atom is 0.416 e. The Kier molecular flexibility index (Phi) is 9.06. The van der Waals surface area contributed by atoms with Crippen molar-refractivity contribution in [1.82, 2.24) is 9.13 Å². The van der Waals surface area contributed by atoms with E-state index in [0.717, 1.165) is 44.7 Å². The SMILES string of the molecule is N#Cc1ccc(-c2ccc3c4ccccc4n(-c4cc(C#N)cc(-n5c6ccccc6c6ccc(-c7ccc(C#N)cc7C#N)cc65)c4-c4cccc(C(F)(F)F)c4)c3c2)c(C#N)c1. The van der Waals surface area contributed by atoms with Gasteiger partial charge in [0, 0.05) is 27.1 Å². The van der Waals surface area contributed by atoms with Gasteiger partial charge in [0.1, 0.15) is 0 Å². The summed E-state index contributed by atoms with van der Waals surface area (Å²) in [4.78, 5) is 0. The summed E-state index contributed by atoms with van der Waals surface area (Å²) in [6.45, 7) is 0.